The quantitative estimate of drug-likeness (QED) is 0.566. The lowest BCUT2D eigenvalue weighted by atomic mass is 9.92. The van der Waals surface area contributed by atoms with Crippen molar-refractivity contribution in [3.05, 3.63) is 33.3 Å². The number of likely N-dealkylation sites (tertiary alicyclic amines) is 1. The Hall–Kier alpha value is -3.01. The van der Waals surface area contributed by atoms with Crippen LogP contribution < -0.4 is 15.1 Å². The van der Waals surface area contributed by atoms with Crippen molar-refractivity contribution in [3.63, 3.8) is 0 Å². The summed E-state index contributed by atoms with van der Waals surface area (Å²) in [5.41, 5.74) is -0.811. The molecule has 9 nitrogen and oxygen atoms in total. The van der Waals surface area contributed by atoms with Gasteiger partial charge in [-0.2, -0.15) is 0 Å². The van der Waals surface area contributed by atoms with Crippen LogP contribution in [0.1, 0.15) is 52.5 Å². The smallest absolute Gasteiger partial charge is 0.449 e. The third-order valence-corrected chi connectivity index (χ3v) is 7.37. The van der Waals surface area contributed by atoms with E-state index in [1.807, 2.05) is 25.7 Å². The fraction of sp³-hybridized carbons (Fsp3) is 0.560. The molecule has 3 aliphatic rings. The number of benzene rings is 1. The lowest BCUT2D eigenvalue weighted by Crippen LogP contribution is -2.50. The summed E-state index contributed by atoms with van der Waals surface area (Å²) in [6.07, 6.45) is 2.73. The number of hydrogen-bond donors (Lipinski definition) is 1. The van der Waals surface area contributed by atoms with Crippen LogP contribution in [0.5, 0.6) is 5.75 Å². The molecule has 194 valence electrons. The average Bonchev–Trinajstić information content (AvgIpc) is 3.52. The van der Waals surface area contributed by atoms with Crippen LogP contribution in [0.25, 0.3) is 10.9 Å². The van der Waals surface area contributed by atoms with E-state index in [0.29, 0.717) is 25.2 Å². The predicted molar refractivity (Wildman–Crippen MR) is 132 cm³/mol. The van der Waals surface area contributed by atoms with Crippen molar-refractivity contribution in [3.8, 4) is 5.75 Å². The molecule has 2 unspecified atom stereocenters. The van der Waals surface area contributed by atoms with E-state index in [2.05, 4.69) is 4.74 Å². The minimum absolute atomic E-state index is 0.0175. The number of rotatable bonds is 3. The lowest BCUT2D eigenvalue weighted by Gasteiger charge is -2.37. The molecule has 1 N–H and O–H groups in total. The molecule has 0 spiro atoms. The molecule has 2 aliphatic heterocycles. The Kier molecular flexibility index (Phi) is 6.05. The molecule has 3 heterocycles. The number of fused-ring (bicyclic) bond motifs is 2. The normalized spacial score (nSPS) is 22.0. The van der Waals surface area contributed by atoms with Crippen LogP contribution in [0.15, 0.2) is 17.1 Å². The summed E-state index contributed by atoms with van der Waals surface area (Å²) in [7, 11) is 0. The summed E-state index contributed by atoms with van der Waals surface area (Å²) in [5, 5.41) is 9.08. The Labute approximate surface area is 212 Å². The second kappa shape index (κ2) is 8.83. The molecule has 2 atom stereocenters. The maximum atomic E-state index is 15.6. The molecule has 0 bridgehead atoms. The monoisotopic (exact) mass is 521 g/mol. The minimum atomic E-state index is -1.62. The molecule has 3 fully saturated rings. The number of hydrogen-bond acceptors (Lipinski definition) is 6. The molecule has 11 heteroatoms. The fourth-order valence-electron chi connectivity index (χ4n) is 5.41. The van der Waals surface area contributed by atoms with Gasteiger partial charge in [0.05, 0.1) is 33.9 Å². The van der Waals surface area contributed by atoms with Crippen molar-refractivity contribution < 1.29 is 28.6 Å². The topological polar surface area (TPSA) is 101 Å². The lowest BCUT2D eigenvalue weighted by molar-refractivity contribution is 0.00669. The Bertz CT molecular complexity index is 1300. The number of amides is 1. The molecule has 36 heavy (non-hydrogen) atoms. The highest BCUT2D eigenvalue weighted by Crippen LogP contribution is 2.44. The Morgan fingerprint density at radius 3 is 2.56 bits per heavy atom. The highest BCUT2D eigenvalue weighted by molar-refractivity contribution is 6.38. The van der Waals surface area contributed by atoms with Gasteiger partial charge in [-0.05, 0) is 58.4 Å². The maximum absolute atomic E-state index is 15.6. The van der Waals surface area contributed by atoms with E-state index in [4.69, 9.17) is 21.4 Å². The molecule has 2 aromatic rings. The molecule has 1 aromatic heterocycles. The van der Waals surface area contributed by atoms with Crippen molar-refractivity contribution in [2.75, 3.05) is 24.5 Å². The summed E-state index contributed by atoms with van der Waals surface area (Å²) in [4.78, 5) is 40.5. The number of aromatic nitrogens is 1. The molecule has 5 rings (SSSR count). The Balaban J connectivity index is 1.54. The van der Waals surface area contributed by atoms with Gasteiger partial charge in [-0.3, -0.25) is 4.79 Å². The maximum Gasteiger partial charge on any atom is 0.511 e. The molecule has 1 aliphatic carbocycles. The van der Waals surface area contributed by atoms with Crippen LogP contribution in [0.4, 0.5) is 19.7 Å². The van der Waals surface area contributed by atoms with Gasteiger partial charge < -0.3 is 28.9 Å². The standard InChI is InChI=1S/C25H29ClFN3O6/c1-25(2,3)36-23(32)29-8-4-5-13-10-28(11-17(13)29)21-16(27)9-15-20(19(21)26)30(14-6-7-14)12-18(22(15)31)35-24(33)34/h9,12-14,17H,4-8,10-11H2,1-3H3,(H,33,34). The number of nitrogens with zero attached hydrogens (tertiary/aromatic N) is 3. The largest absolute Gasteiger partial charge is 0.511 e. The van der Waals surface area contributed by atoms with Crippen LogP contribution in [0.3, 0.4) is 0 Å². The number of carboxylic acid groups (broad SMARTS) is 1. The van der Waals surface area contributed by atoms with Crippen LogP contribution >= 0.6 is 11.6 Å². The second-order valence-electron chi connectivity index (χ2n) is 10.8. The van der Waals surface area contributed by atoms with Crippen molar-refractivity contribution in [1.82, 2.24) is 9.47 Å². The number of carbonyl (C=O) groups excluding carboxylic acids is 1. The molecule has 0 radical (unpaired) electrons. The van der Waals surface area contributed by atoms with E-state index in [0.717, 1.165) is 31.7 Å². The molecular formula is C25H29ClFN3O6. The van der Waals surface area contributed by atoms with E-state index in [9.17, 15) is 14.4 Å². The molecule has 1 aromatic carbocycles. The van der Waals surface area contributed by atoms with E-state index < -0.39 is 23.0 Å². The van der Waals surface area contributed by atoms with Crippen molar-refractivity contribution in [2.45, 2.75) is 64.1 Å². The predicted octanol–water partition coefficient (Wildman–Crippen LogP) is 5.02. The van der Waals surface area contributed by atoms with Gasteiger partial charge in [0.2, 0.25) is 5.43 Å². The second-order valence-corrected chi connectivity index (χ2v) is 11.2. The van der Waals surface area contributed by atoms with E-state index >= 15 is 4.39 Å². The van der Waals surface area contributed by atoms with E-state index in [1.165, 1.54) is 6.20 Å². The molecule has 1 amide bonds. The van der Waals surface area contributed by atoms with Crippen LogP contribution in [0.2, 0.25) is 5.02 Å². The highest BCUT2D eigenvalue weighted by Gasteiger charge is 2.44. The van der Waals surface area contributed by atoms with Gasteiger partial charge in [0.1, 0.15) is 11.4 Å². The zero-order valence-corrected chi connectivity index (χ0v) is 21.2. The van der Waals surface area contributed by atoms with Crippen LogP contribution in [0, 0.1) is 11.7 Å². The number of piperidine rings is 1. The van der Waals surface area contributed by atoms with E-state index in [-0.39, 0.29) is 45.9 Å². The summed E-state index contributed by atoms with van der Waals surface area (Å²) >= 11 is 6.81. The zero-order valence-electron chi connectivity index (χ0n) is 20.4. The van der Waals surface area contributed by atoms with Gasteiger partial charge >= 0.3 is 12.2 Å². The summed E-state index contributed by atoms with van der Waals surface area (Å²) in [6, 6.07) is 0.987. The van der Waals surface area contributed by atoms with Crippen molar-refractivity contribution in [2.24, 2.45) is 5.92 Å². The van der Waals surface area contributed by atoms with Crippen LogP contribution in [-0.4, -0.2) is 58.1 Å². The first-order valence-electron chi connectivity index (χ1n) is 12.2. The van der Waals surface area contributed by atoms with E-state index in [1.54, 1.807) is 9.47 Å². The summed E-state index contributed by atoms with van der Waals surface area (Å²) in [6.45, 7) is 6.95. The van der Waals surface area contributed by atoms with Gasteiger partial charge in [-0.25, -0.2) is 14.0 Å². The summed E-state index contributed by atoms with van der Waals surface area (Å²) < 4.78 is 27.6. The number of anilines is 1. The third kappa shape index (κ3) is 4.47. The number of carbonyl (C=O) groups is 2. The third-order valence-electron chi connectivity index (χ3n) is 7.01. The first-order chi connectivity index (χ1) is 16.9. The fourth-order valence-corrected chi connectivity index (χ4v) is 5.82. The van der Waals surface area contributed by atoms with Gasteiger partial charge in [0.25, 0.3) is 0 Å². The number of halogens is 2. The van der Waals surface area contributed by atoms with Crippen LogP contribution in [-0.2, 0) is 4.74 Å². The summed E-state index contributed by atoms with van der Waals surface area (Å²) in [5.74, 6) is -0.929. The van der Waals surface area contributed by atoms with Gasteiger partial charge in [-0.1, -0.05) is 11.6 Å². The SMILES string of the molecule is CC(C)(C)OC(=O)N1CCCC2CN(c3c(F)cc4c(=O)c(OC(=O)O)cn(C5CC5)c4c3Cl)CC21. The zero-order chi connectivity index (χ0) is 25.9. The molecule has 1 saturated carbocycles. The van der Waals surface area contributed by atoms with Gasteiger partial charge in [0.15, 0.2) is 5.75 Å². The first kappa shape index (κ1) is 24.7. The van der Waals surface area contributed by atoms with Gasteiger partial charge in [0, 0.05) is 25.7 Å². The number of pyridine rings is 1. The minimum Gasteiger partial charge on any atom is -0.449 e. The molecule has 2 saturated heterocycles. The Morgan fingerprint density at radius 1 is 1.19 bits per heavy atom. The average molecular weight is 522 g/mol. The molecular weight excluding hydrogens is 493 g/mol. The number of ether oxygens (including phenoxy) is 2. The first-order valence-corrected chi connectivity index (χ1v) is 12.5. The highest BCUT2D eigenvalue weighted by atomic mass is 35.5. The van der Waals surface area contributed by atoms with Crippen molar-refractivity contribution >= 4 is 40.4 Å². The Morgan fingerprint density at radius 2 is 1.92 bits per heavy atom. The van der Waals surface area contributed by atoms with Gasteiger partial charge in [-0.15, -0.1) is 0 Å². The van der Waals surface area contributed by atoms with Crippen molar-refractivity contribution in [1.29, 1.82) is 0 Å².